The number of alkyl halides is 3. The predicted molar refractivity (Wildman–Crippen MR) is 149 cm³/mol. The van der Waals surface area contributed by atoms with Gasteiger partial charge < -0.3 is 10.2 Å². The number of thiophene rings is 1. The van der Waals surface area contributed by atoms with E-state index >= 15 is 0 Å². The number of sulfonamides is 1. The molecule has 8 nitrogen and oxygen atoms in total. The number of piperidine rings is 1. The number of carbonyl (C=O) groups excluding carboxylic acids is 2. The van der Waals surface area contributed by atoms with Crippen LogP contribution >= 0.6 is 11.3 Å². The van der Waals surface area contributed by atoms with Crippen molar-refractivity contribution in [3.8, 4) is 10.4 Å². The van der Waals surface area contributed by atoms with Crippen molar-refractivity contribution in [3.63, 3.8) is 0 Å². The molecule has 1 fully saturated rings. The van der Waals surface area contributed by atoms with Crippen molar-refractivity contribution in [2.75, 3.05) is 27.2 Å². The zero-order chi connectivity index (χ0) is 29.7. The first kappa shape index (κ1) is 29.0. The second kappa shape index (κ2) is 10.4. The Kier molecular flexibility index (Phi) is 7.33. The molecule has 1 saturated heterocycles. The maximum absolute atomic E-state index is 13.5. The third-order valence-electron chi connectivity index (χ3n) is 7.31. The van der Waals surface area contributed by atoms with Crippen molar-refractivity contribution in [2.45, 2.75) is 35.7 Å². The zero-order valence-corrected chi connectivity index (χ0v) is 24.1. The van der Waals surface area contributed by atoms with Crippen LogP contribution in [0.15, 0.2) is 63.8 Å². The number of aryl methyl sites for hydroxylation is 1. The number of amidine groups is 1. The number of amides is 2. The molecule has 2 aliphatic heterocycles. The molecule has 1 spiro atoms. The van der Waals surface area contributed by atoms with Crippen molar-refractivity contribution in [1.29, 1.82) is 0 Å². The Morgan fingerprint density at radius 1 is 1.07 bits per heavy atom. The van der Waals surface area contributed by atoms with Crippen LogP contribution in [0.4, 0.5) is 13.2 Å². The van der Waals surface area contributed by atoms with Crippen molar-refractivity contribution >= 4 is 39.0 Å². The molecule has 1 N–H and O–H groups in total. The second-order valence-electron chi connectivity index (χ2n) is 10.3. The summed E-state index contributed by atoms with van der Waals surface area (Å²) >= 11 is 1.12. The quantitative estimate of drug-likeness (QED) is 0.462. The number of rotatable bonds is 5. The summed E-state index contributed by atoms with van der Waals surface area (Å²) in [5.74, 6) is -0.528. The Morgan fingerprint density at radius 3 is 2.41 bits per heavy atom. The van der Waals surface area contributed by atoms with Crippen molar-refractivity contribution in [1.82, 2.24) is 14.5 Å². The van der Waals surface area contributed by atoms with E-state index in [9.17, 15) is 31.2 Å². The molecule has 3 heterocycles. The Bertz CT molecular complexity index is 1670. The number of hydrogen-bond acceptors (Lipinski definition) is 6. The summed E-state index contributed by atoms with van der Waals surface area (Å²) in [4.78, 5) is 31.9. The normalized spacial score (nSPS) is 17.4. The minimum Gasteiger partial charge on any atom is -0.345 e. The summed E-state index contributed by atoms with van der Waals surface area (Å²) in [6.45, 7) is 1.92. The van der Waals surface area contributed by atoms with E-state index in [0.29, 0.717) is 5.56 Å². The molecule has 2 amide bonds. The fourth-order valence-electron chi connectivity index (χ4n) is 4.99. The van der Waals surface area contributed by atoms with E-state index in [1.165, 1.54) is 21.3 Å². The van der Waals surface area contributed by atoms with Gasteiger partial charge in [0.2, 0.25) is 0 Å². The van der Waals surface area contributed by atoms with Crippen molar-refractivity contribution in [3.05, 3.63) is 76.9 Å². The molecule has 13 heteroatoms. The number of nitrogens with one attached hydrogen (secondary N) is 1. The van der Waals surface area contributed by atoms with Gasteiger partial charge in [0.15, 0.2) is 0 Å². The van der Waals surface area contributed by atoms with Crippen LogP contribution in [0.1, 0.15) is 39.9 Å². The summed E-state index contributed by atoms with van der Waals surface area (Å²) in [6.07, 6.45) is -4.34. The average molecular weight is 605 g/mol. The van der Waals surface area contributed by atoms with E-state index in [-0.39, 0.29) is 47.4 Å². The van der Waals surface area contributed by atoms with Gasteiger partial charge in [0, 0.05) is 43.2 Å². The van der Waals surface area contributed by atoms with Crippen LogP contribution in [0.2, 0.25) is 0 Å². The minimum absolute atomic E-state index is 0.0305. The average Bonchev–Trinajstić information content (AvgIpc) is 3.54. The summed E-state index contributed by atoms with van der Waals surface area (Å²) in [5.41, 5.74) is 0.253. The van der Waals surface area contributed by atoms with Crippen LogP contribution in [0.3, 0.4) is 0 Å². The van der Waals surface area contributed by atoms with Crippen molar-refractivity contribution in [2.24, 2.45) is 4.99 Å². The first-order chi connectivity index (χ1) is 19.2. The molecule has 0 unspecified atom stereocenters. The highest BCUT2D eigenvalue weighted by Gasteiger charge is 2.48. The Balaban J connectivity index is 1.32. The molecule has 3 aromatic rings. The zero-order valence-electron chi connectivity index (χ0n) is 22.4. The van der Waals surface area contributed by atoms with Crippen LogP contribution < -0.4 is 5.32 Å². The third-order valence-corrected chi connectivity index (χ3v) is 10.8. The molecule has 2 aromatic carbocycles. The summed E-state index contributed by atoms with van der Waals surface area (Å²) in [6, 6.07) is 13.1. The van der Waals surface area contributed by atoms with E-state index in [1.807, 2.05) is 6.92 Å². The third kappa shape index (κ3) is 5.41. The number of hydrogen-bond donors (Lipinski definition) is 1. The van der Waals surface area contributed by atoms with Crippen LogP contribution in [0.25, 0.3) is 10.4 Å². The fourth-order valence-corrected chi connectivity index (χ4v) is 7.99. The second-order valence-corrected chi connectivity index (χ2v) is 13.5. The smallest absolute Gasteiger partial charge is 0.345 e. The largest absolute Gasteiger partial charge is 0.416 e. The van der Waals surface area contributed by atoms with Crippen LogP contribution in [0, 0.1) is 6.92 Å². The Morgan fingerprint density at radius 2 is 1.78 bits per heavy atom. The highest BCUT2D eigenvalue weighted by Crippen LogP contribution is 2.38. The summed E-state index contributed by atoms with van der Waals surface area (Å²) in [7, 11) is -0.517. The molecule has 0 radical (unpaired) electrons. The van der Waals surface area contributed by atoms with Gasteiger partial charge in [-0.3, -0.25) is 14.6 Å². The lowest BCUT2D eigenvalue weighted by molar-refractivity contribution is -0.137. The molecular weight excluding hydrogens is 577 g/mol. The lowest BCUT2D eigenvalue weighted by Gasteiger charge is -2.34. The van der Waals surface area contributed by atoms with E-state index in [4.69, 9.17) is 0 Å². The predicted octanol–water partition coefficient (Wildman–Crippen LogP) is 4.54. The van der Waals surface area contributed by atoms with Gasteiger partial charge in [0.1, 0.15) is 15.6 Å². The maximum Gasteiger partial charge on any atom is 0.416 e. The number of nitrogens with zero attached hydrogens (tertiary/aromatic N) is 3. The molecule has 1 aromatic heterocycles. The van der Waals surface area contributed by atoms with Gasteiger partial charge in [-0.1, -0.05) is 18.2 Å². The number of benzene rings is 2. The highest BCUT2D eigenvalue weighted by molar-refractivity contribution is 7.91. The Hall–Kier alpha value is -3.55. The molecule has 41 heavy (non-hydrogen) atoms. The fraction of sp³-hybridized carbons (Fsp3) is 0.321. The topological polar surface area (TPSA) is 99.2 Å². The first-order valence-corrected chi connectivity index (χ1v) is 15.0. The van der Waals surface area contributed by atoms with Gasteiger partial charge >= 0.3 is 6.18 Å². The van der Waals surface area contributed by atoms with Gasteiger partial charge in [-0.2, -0.15) is 17.5 Å². The number of aliphatic imine (C=N–C) groups is 1. The molecule has 0 saturated carbocycles. The number of halogens is 3. The van der Waals surface area contributed by atoms with E-state index in [1.54, 1.807) is 44.4 Å². The van der Waals surface area contributed by atoms with E-state index < -0.39 is 33.2 Å². The van der Waals surface area contributed by atoms with Gasteiger partial charge in [-0.15, -0.1) is 11.3 Å². The lowest BCUT2D eigenvalue weighted by atomic mass is 9.89. The first-order valence-electron chi connectivity index (χ1n) is 12.7. The van der Waals surface area contributed by atoms with Gasteiger partial charge in [-0.05, 0) is 67.3 Å². The molecule has 5 rings (SSSR count). The molecule has 216 valence electrons. The summed E-state index contributed by atoms with van der Waals surface area (Å²) in [5, 5.41) is 2.59. The standard InChI is InChI=1S/C28H27F3N4O4S2/c1-17-15-19(25(36)34(2)3)7-8-21(17)22-9-10-23(40-22)41(38,39)35-13-11-27(12-14-35)26(37)32-24(33-27)18-5-4-6-20(16-18)28(29,30)31/h4-10,15-16H,11-14H2,1-3H3,(H,32,33,37). The van der Waals surface area contributed by atoms with Crippen LogP contribution in [-0.2, 0) is 21.0 Å². The number of carbonyl (C=O) groups is 2. The summed E-state index contributed by atoms with van der Waals surface area (Å²) < 4.78 is 67.9. The molecule has 2 aliphatic rings. The Labute approximate surface area is 239 Å². The molecule has 0 bridgehead atoms. The van der Waals surface area contributed by atoms with Crippen LogP contribution in [-0.4, -0.2) is 68.0 Å². The van der Waals surface area contributed by atoms with Gasteiger partial charge in [-0.25, -0.2) is 8.42 Å². The van der Waals surface area contributed by atoms with E-state index in [2.05, 4.69) is 10.3 Å². The van der Waals surface area contributed by atoms with Crippen molar-refractivity contribution < 1.29 is 31.2 Å². The highest BCUT2D eigenvalue weighted by atomic mass is 32.2. The molecule has 0 atom stereocenters. The van der Waals surface area contributed by atoms with Gasteiger partial charge in [0.25, 0.3) is 21.8 Å². The lowest BCUT2D eigenvalue weighted by Crippen LogP contribution is -2.50. The maximum atomic E-state index is 13.5. The molecule has 0 aliphatic carbocycles. The van der Waals surface area contributed by atoms with Crippen LogP contribution in [0.5, 0.6) is 0 Å². The minimum atomic E-state index is -4.54. The van der Waals surface area contributed by atoms with Gasteiger partial charge in [0.05, 0.1) is 5.56 Å². The molecular formula is C28H27F3N4O4S2. The SMILES string of the molecule is Cc1cc(C(=O)N(C)C)ccc1-c1ccc(S(=O)(=O)N2CCC3(CC2)N=C(c2cccc(C(F)(F)F)c2)NC3=O)s1. The monoisotopic (exact) mass is 604 g/mol. The van der Waals surface area contributed by atoms with E-state index in [0.717, 1.165) is 39.5 Å².